The van der Waals surface area contributed by atoms with Gasteiger partial charge in [-0.3, -0.25) is 0 Å². The van der Waals surface area contributed by atoms with E-state index >= 15 is 0 Å². The van der Waals surface area contributed by atoms with E-state index in [9.17, 15) is 9.59 Å². The summed E-state index contributed by atoms with van der Waals surface area (Å²) in [6, 6.07) is -1.07. The molecule has 8 nitrogen and oxygen atoms in total. The van der Waals surface area contributed by atoms with Crippen LogP contribution in [0.1, 0.15) is 41.5 Å². The first-order valence-corrected chi connectivity index (χ1v) is 6.41. The number of amides is 4. The Bertz CT molecular complexity index is 352. The summed E-state index contributed by atoms with van der Waals surface area (Å²) in [5.41, 5.74) is -0.780. The van der Waals surface area contributed by atoms with E-state index in [0.29, 0.717) is 0 Å². The van der Waals surface area contributed by atoms with E-state index in [1.807, 2.05) is 41.5 Å². The summed E-state index contributed by atoms with van der Waals surface area (Å²) in [7, 11) is 0. The molecule has 0 aromatic carbocycles. The molecule has 0 aliphatic heterocycles. The lowest BCUT2D eigenvalue weighted by Gasteiger charge is -2.09. The van der Waals surface area contributed by atoms with Crippen molar-refractivity contribution >= 4 is 12.1 Å². The monoisotopic (exact) mass is 284 g/mol. The molecule has 0 aromatic heterocycles. The van der Waals surface area contributed by atoms with E-state index in [-0.39, 0.29) is 24.2 Å². The fraction of sp³-hybridized carbons (Fsp3) is 0.833. The molecule has 0 unspecified atom stereocenters. The molecule has 0 heterocycles. The zero-order valence-electron chi connectivity index (χ0n) is 13.0. The lowest BCUT2D eigenvalue weighted by molar-refractivity contribution is 0.242. The Morgan fingerprint density at radius 2 is 1.05 bits per heavy atom. The molecule has 0 fully saturated rings. The number of carbonyl (C=O) groups excluding carboxylic acids is 2. The van der Waals surface area contributed by atoms with Crippen molar-refractivity contribution in [3.05, 3.63) is 0 Å². The van der Waals surface area contributed by atoms with Crippen molar-refractivity contribution in [1.29, 1.82) is 0 Å². The molecule has 4 amide bonds. The number of rotatable bonds is 3. The number of hydrogen-bond acceptors (Lipinski definition) is 4. The topological polar surface area (TPSA) is 108 Å². The number of nitrogens with zero attached hydrogens (tertiary/aromatic N) is 4. The van der Waals surface area contributed by atoms with Crippen LogP contribution in [0.3, 0.4) is 0 Å². The first kappa shape index (κ1) is 18.1. The van der Waals surface area contributed by atoms with Crippen molar-refractivity contribution in [2.45, 2.75) is 52.6 Å². The van der Waals surface area contributed by atoms with Gasteiger partial charge in [0.1, 0.15) is 0 Å². The molecular weight excluding hydrogens is 260 g/mol. The highest BCUT2D eigenvalue weighted by molar-refractivity contribution is 5.75. The van der Waals surface area contributed by atoms with E-state index in [0.717, 1.165) is 0 Å². The van der Waals surface area contributed by atoms with Gasteiger partial charge in [-0.25, -0.2) is 9.59 Å². The van der Waals surface area contributed by atoms with Crippen LogP contribution in [0.15, 0.2) is 20.5 Å². The quantitative estimate of drug-likeness (QED) is 0.614. The molecule has 0 radical (unpaired) electrons. The average molecular weight is 284 g/mol. The third kappa shape index (κ3) is 12.6. The standard InChI is InChI=1S/C12H24N6O2/c1-11(2,3)17-15-9(19)13-7-8-14-10(20)16-18-12(4,5)6/h7-8H2,1-6H3,(H,13,19)(H,14,20). The highest BCUT2D eigenvalue weighted by Gasteiger charge is 2.09. The van der Waals surface area contributed by atoms with Gasteiger partial charge in [0.15, 0.2) is 0 Å². The Balaban J connectivity index is 3.87. The van der Waals surface area contributed by atoms with Crippen LogP contribution in [0, 0.1) is 0 Å². The Hall–Kier alpha value is -1.86. The number of nitrogens with one attached hydrogen (secondary N) is 2. The van der Waals surface area contributed by atoms with Crippen LogP contribution in [-0.2, 0) is 0 Å². The van der Waals surface area contributed by atoms with Crippen molar-refractivity contribution in [3.8, 4) is 0 Å². The second-order valence-corrected chi connectivity index (χ2v) is 6.21. The van der Waals surface area contributed by atoms with E-state index in [1.165, 1.54) is 0 Å². The van der Waals surface area contributed by atoms with Gasteiger partial charge in [0.2, 0.25) is 0 Å². The maximum atomic E-state index is 11.3. The van der Waals surface area contributed by atoms with Gasteiger partial charge in [-0.2, -0.15) is 10.2 Å². The summed E-state index contributed by atoms with van der Waals surface area (Å²) in [6.45, 7) is 11.5. The first-order chi connectivity index (χ1) is 8.99. The summed E-state index contributed by atoms with van der Waals surface area (Å²) in [4.78, 5) is 22.5. The van der Waals surface area contributed by atoms with Gasteiger partial charge in [0, 0.05) is 13.1 Å². The maximum Gasteiger partial charge on any atom is 0.359 e. The molecule has 0 aliphatic rings. The number of carbonyl (C=O) groups is 2. The summed E-state index contributed by atoms with van der Waals surface area (Å²) in [5, 5.41) is 19.6. The molecule has 0 saturated heterocycles. The van der Waals surface area contributed by atoms with Crippen LogP contribution in [0.2, 0.25) is 0 Å². The largest absolute Gasteiger partial charge is 0.359 e. The fourth-order valence-corrected chi connectivity index (χ4v) is 0.800. The molecule has 20 heavy (non-hydrogen) atoms. The average Bonchev–Trinajstić information content (AvgIpc) is 2.27. The zero-order valence-corrected chi connectivity index (χ0v) is 13.0. The lowest BCUT2D eigenvalue weighted by Crippen LogP contribution is -2.32. The Morgan fingerprint density at radius 3 is 1.30 bits per heavy atom. The third-order valence-electron chi connectivity index (χ3n) is 1.56. The predicted molar refractivity (Wildman–Crippen MR) is 76.0 cm³/mol. The zero-order chi connectivity index (χ0) is 15.8. The van der Waals surface area contributed by atoms with E-state index in [4.69, 9.17) is 0 Å². The highest BCUT2D eigenvalue weighted by atomic mass is 16.2. The minimum atomic E-state index is -0.537. The van der Waals surface area contributed by atoms with Gasteiger partial charge >= 0.3 is 12.1 Å². The van der Waals surface area contributed by atoms with E-state index in [1.54, 1.807) is 0 Å². The second-order valence-electron chi connectivity index (χ2n) is 6.21. The Kier molecular flexibility index (Phi) is 6.95. The molecule has 0 saturated carbocycles. The molecule has 8 heteroatoms. The number of hydrogen-bond donors (Lipinski definition) is 2. The lowest BCUT2D eigenvalue weighted by atomic mass is 10.1. The van der Waals surface area contributed by atoms with Crippen LogP contribution in [0.4, 0.5) is 9.59 Å². The minimum Gasteiger partial charge on any atom is -0.333 e. The molecule has 0 bridgehead atoms. The molecular formula is C12H24N6O2. The molecule has 114 valence electrons. The Labute approximate surface area is 119 Å². The molecule has 0 rings (SSSR count). The second kappa shape index (κ2) is 7.66. The van der Waals surface area contributed by atoms with Crippen molar-refractivity contribution in [3.63, 3.8) is 0 Å². The predicted octanol–water partition coefficient (Wildman–Crippen LogP) is 2.91. The van der Waals surface area contributed by atoms with Gasteiger partial charge in [0.25, 0.3) is 0 Å². The summed E-state index contributed by atoms with van der Waals surface area (Å²) in [6.07, 6.45) is 0. The van der Waals surface area contributed by atoms with Crippen LogP contribution in [0.25, 0.3) is 0 Å². The first-order valence-electron chi connectivity index (χ1n) is 6.41. The van der Waals surface area contributed by atoms with Crippen molar-refractivity contribution in [2.75, 3.05) is 13.1 Å². The van der Waals surface area contributed by atoms with Gasteiger partial charge < -0.3 is 10.6 Å². The maximum absolute atomic E-state index is 11.3. The van der Waals surface area contributed by atoms with E-state index < -0.39 is 12.1 Å². The SMILES string of the molecule is CC(C)(C)N=NC(=O)NCCNC(=O)N=NC(C)(C)C. The van der Waals surface area contributed by atoms with Crippen LogP contribution >= 0.6 is 0 Å². The number of azo groups is 2. The molecule has 2 N–H and O–H groups in total. The minimum absolute atomic E-state index is 0.249. The highest BCUT2D eigenvalue weighted by Crippen LogP contribution is 2.06. The Morgan fingerprint density at radius 1 is 0.750 bits per heavy atom. The molecule has 0 aliphatic carbocycles. The fourth-order valence-electron chi connectivity index (χ4n) is 0.800. The van der Waals surface area contributed by atoms with Crippen molar-refractivity contribution in [2.24, 2.45) is 20.5 Å². The third-order valence-corrected chi connectivity index (χ3v) is 1.56. The van der Waals surface area contributed by atoms with Crippen LogP contribution in [0.5, 0.6) is 0 Å². The van der Waals surface area contributed by atoms with Gasteiger partial charge in [-0.05, 0) is 41.5 Å². The smallest absolute Gasteiger partial charge is 0.333 e. The van der Waals surface area contributed by atoms with Crippen molar-refractivity contribution < 1.29 is 9.59 Å². The molecule has 0 atom stereocenters. The van der Waals surface area contributed by atoms with Gasteiger partial charge in [-0.15, -0.1) is 0 Å². The molecule has 0 spiro atoms. The summed E-state index contributed by atoms with van der Waals surface area (Å²) in [5.74, 6) is 0. The summed E-state index contributed by atoms with van der Waals surface area (Å²) >= 11 is 0. The van der Waals surface area contributed by atoms with Crippen molar-refractivity contribution in [1.82, 2.24) is 10.6 Å². The van der Waals surface area contributed by atoms with Crippen LogP contribution in [-0.4, -0.2) is 36.2 Å². The van der Waals surface area contributed by atoms with Gasteiger partial charge in [-0.1, -0.05) is 10.2 Å². The van der Waals surface area contributed by atoms with Gasteiger partial charge in [0.05, 0.1) is 11.1 Å². The normalized spacial score (nSPS) is 12.9. The van der Waals surface area contributed by atoms with E-state index in [2.05, 4.69) is 31.1 Å². The summed E-state index contributed by atoms with van der Waals surface area (Å²) < 4.78 is 0. The number of urea groups is 2. The van der Waals surface area contributed by atoms with Crippen LogP contribution < -0.4 is 10.6 Å². The molecule has 0 aromatic rings.